The Hall–Kier alpha value is -0.880. The fourth-order valence-corrected chi connectivity index (χ4v) is 1.14. The Morgan fingerprint density at radius 1 is 1.43 bits per heavy atom. The molecule has 0 saturated carbocycles. The van der Waals surface area contributed by atoms with Gasteiger partial charge in [0.25, 0.3) is 0 Å². The number of hydrogen-bond acceptors (Lipinski definition) is 3. The molecule has 0 aliphatic heterocycles. The fourth-order valence-electron chi connectivity index (χ4n) is 0.688. The largest absolute Gasteiger partial charge is 0.350 e. The van der Waals surface area contributed by atoms with E-state index in [0.29, 0.717) is 0 Å². The number of hydrogen-bond donors (Lipinski definition) is 2. The molecule has 0 bridgehead atoms. The van der Waals surface area contributed by atoms with Gasteiger partial charge >= 0.3 is 0 Å². The highest BCUT2D eigenvalue weighted by atomic mass is 32.2. The van der Waals surface area contributed by atoms with Crippen molar-refractivity contribution in [2.24, 2.45) is 0 Å². The summed E-state index contributed by atoms with van der Waals surface area (Å²) in [5.74, 6) is -0.372. The maximum atomic E-state index is 11.1. The molecule has 14 heavy (non-hydrogen) atoms. The zero-order chi connectivity index (χ0) is 11.4. The van der Waals surface area contributed by atoms with Crippen LogP contribution >= 0.6 is 0 Å². The van der Waals surface area contributed by atoms with Crippen LogP contribution in [0.25, 0.3) is 0 Å². The van der Waals surface area contributed by atoms with Gasteiger partial charge in [-0.1, -0.05) is 6.58 Å². The molecule has 1 amide bonds. The molecule has 0 aromatic carbocycles. The van der Waals surface area contributed by atoms with E-state index in [2.05, 4.69) is 16.6 Å². The topological polar surface area (TPSA) is 75.3 Å². The summed E-state index contributed by atoms with van der Waals surface area (Å²) in [6.45, 7) is 8.27. The normalized spacial score (nSPS) is 12.2. The minimum absolute atomic E-state index is 0.272. The highest BCUT2D eigenvalue weighted by Gasteiger charge is 2.14. The van der Waals surface area contributed by atoms with Crippen molar-refractivity contribution in [1.82, 2.24) is 10.0 Å². The molecular formula is C8H16N2O3S. The highest BCUT2D eigenvalue weighted by Crippen LogP contribution is 1.97. The van der Waals surface area contributed by atoms with E-state index in [4.69, 9.17) is 0 Å². The molecule has 0 saturated heterocycles. The third-order valence-electron chi connectivity index (χ3n) is 1.17. The van der Waals surface area contributed by atoms with Crippen LogP contribution in [0, 0.1) is 0 Å². The van der Waals surface area contributed by atoms with Crippen molar-refractivity contribution in [3.8, 4) is 0 Å². The van der Waals surface area contributed by atoms with Crippen LogP contribution in [0.3, 0.4) is 0 Å². The van der Waals surface area contributed by atoms with Gasteiger partial charge in [-0.15, -0.1) is 0 Å². The van der Waals surface area contributed by atoms with Crippen LogP contribution in [-0.2, 0) is 14.8 Å². The molecule has 5 nitrogen and oxygen atoms in total. The molecular weight excluding hydrogens is 204 g/mol. The first-order chi connectivity index (χ1) is 6.16. The molecule has 0 heterocycles. The summed E-state index contributed by atoms with van der Waals surface area (Å²) in [7, 11) is -3.52. The lowest BCUT2D eigenvalue weighted by Crippen LogP contribution is -2.45. The van der Waals surface area contributed by atoms with Gasteiger partial charge in [0.2, 0.25) is 15.9 Å². The molecule has 82 valence electrons. The monoisotopic (exact) mass is 220 g/mol. The Bertz CT molecular complexity index is 314. The second kappa shape index (κ2) is 4.56. The molecule has 0 radical (unpaired) electrons. The van der Waals surface area contributed by atoms with Crippen molar-refractivity contribution in [3.05, 3.63) is 12.0 Å². The molecule has 0 unspecified atom stereocenters. The third-order valence-corrected chi connectivity index (χ3v) is 2.15. The summed E-state index contributed by atoms with van der Waals surface area (Å²) in [4.78, 5) is 11.1. The van der Waals surface area contributed by atoms with E-state index < -0.39 is 10.0 Å². The quantitative estimate of drug-likeness (QED) is 0.698. The SMILES string of the molecule is C=CS(=O)(=O)NCC(=O)NC(C)(C)C. The first kappa shape index (κ1) is 13.1. The van der Waals surface area contributed by atoms with Gasteiger partial charge in [-0.25, -0.2) is 13.1 Å². The first-order valence-electron chi connectivity index (χ1n) is 4.09. The number of carbonyl (C=O) groups is 1. The summed E-state index contributed by atoms with van der Waals surface area (Å²) in [6.07, 6.45) is 0. The van der Waals surface area contributed by atoms with E-state index in [9.17, 15) is 13.2 Å². The molecule has 0 fully saturated rings. The van der Waals surface area contributed by atoms with Crippen LogP contribution in [0.15, 0.2) is 12.0 Å². The summed E-state index contributed by atoms with van der Waals surface area (Å²) in [6, 6.07) is 0. The second-order valence-electron chi connectivity index (χ2n) is 3.83. The Balaban J connectivity index is 4.06. The Labute approximate surface area is 84.6 Å². The van der Waals surface area contributed by atoms with E-state index in [-0.39, 0.29) is 18.0 Å². The Morgan fingerprint density at radius 3 is 2.29 bits per heavy atom. The molecule has 0 aromatic rings. The van der Waals surface area contributed by atoms with Crippen LogP contribution in [0.4, 0.5) is 0 Å². The van der Waals surface area contributed by atoms with E-state index in [1.165, 1.54) is 0 Å². The van der Waals surface area contributed by atoms with Gasteiger partial charge in [-0.3, -0.25) is 4.79 Å². The van der Waals surface area contributed by atoms with Crippen molar-refractivity contribution >= 4 is 15.9 Å². The van der Waals surface area contributed by atoms with Crippen LogP contribution in [-0.4, -0.2) is 26.4 Å². The van der Waals surface area contributed by atoms with Crippen LogP contribution in [0.1, 0.15) is 20.8 Å². The number of rotatable bonds is 4. The van der Waals surface area contributed by atoms with E-state index >= 15 is 0 Å². The molecule has 2 N–H and O–H groups in total. The molecule has 0 spiro atoms. The number of sulfonamides is 1. The van der Waals surface area contributed by atoms with Crippen molar-refractivity contribution in [1.29, 1.82) is 0 Å². The van der Waals surface area contributed by atoms with Crippen molar-refractivity contribution < 1.29 is 13.2 Å². The zero-order valence-corrected chi connectivity index (χ0v) is 9.44. The van der Waals surface area contributed by atoms with Gasteiger partial charge in [0, 0.05) is 10.9 Å². The van der Waals surface area contributed by atoms with E-state index in [0.717, 1.165) is 5.41 Å². The van der Waals surface area contributed by atoms with Crippen LogP contribution in [0.2, 0.25) is 0 Å². The second-order valence-corrected chi connectivity index (χ2v) is 5.54. The van der Waals surface area contributed by atoms with Crippen molar-refractivity contribution in [2.75, 3.05) is 6.54 Å². The Morgan fingerprint density at radius 2 is 1.93 bits per heavy atom. The van der Waals surface area contributed by atoms with E-state index in [1.807, 2.05) is 20.8 Å². The molecule has 6 heteroatoms. The maximum Gasteiger partial charge on any atom is 0.235 e. The van der Waals surface area contributed by atoms with Crippen molar-refractivity contribution in [2.45, 2.75) is 26.3 Å². The summed E-state index contributed by atoms with van der Waals surface area (Å²) in [5.41, 5.74) is -0.364. The van der Waals surface area contributed by atoms with Crippen LogP contribution in [0.5, 0.6) is 0 Å². The van der Waals surface area contributed by atoms with Gasteiger partial charge in [0.15, 0.2) is 0 Å². The van der Waals surface area contributed by atoms with Gasteiger partial charge in [0.05, 0.1) is 6.54 Å². The smallest absolute Gasteiger partial charge is 0.235 e. The van der Waals surface area contributed by atoms with Gasteiger partial charge in [-0.05, 0) is 20.8 Å². The highest BCUT2D eigenvalue weighted by molar-refractivity contribution is 7.92. The number of nitrogens with one attached hydrogen (secondary N) is 2. The summed E-state index contributed by atoms with van der Waals surface area (Å²) >= 11 is 0. The Kier molecular flexibility index (Phi) is 4.28. The predicted octanol–water partition coefficient (Wildman–Crippen LogP) is -0.0360. The zero-order valence-electron chi connectivity index (χ0n) is 8.62. The molecule has 0 atom stereocenters. The maximum absolute atomic E-state index is 11.1. The van der Waals surface area contributed by atoms with Gasteiger partial charge < -0.3 is 5.32 Å². The summed E-state index contributed by atoms with van der Waals surface area (Å²) in [5, 5.41) is 3.38. The average Bonchev–Trinajstić information content (AvgIpc) is 1.98. The fraction of sp³-hybridized carbons (Fsp3) is 0.625. The van der Waals surface area contributed by atoms with Gasteiger partial charge in [0.1, 0.15) is 0 Å². The third kappa shape index (κ3) is 6.62. The van der Waals surface area contributed by atoms with Crippen molar-refractivity contribution in [3.63, 3.8) is 0 Å². The lowest BCUT2D eigenvalue weighted by molar-refractivity contribution is -0.121. The van der Waals surface area contributed by atoms with E-state index in [1.54, 1.807) is 0 Å². The predicted molar refractivity (Wildman–Crippen MR) is 55.0 cm³/mol. The molecule has 0 aromatic heterocycles. The molecule has 0 aliphatic rings. The number of carbonyl (C=O) groups excluding carboxylic acids is 1. The lowest BCUT2D eigenvalue weighted by Gasteiger charge is -2.20. The van der Waals surface area contributed by atoms with Crippen LogP contribution < -0.4 is 10.0 Å². The molecule has 0 aliphatic carbocycles. The number of amides is 1. The summed E-state index contributed by atoms with van der Waals surface area (Å²) < 4.78 is 23.8. The minimum Gasteiger partial charge on any atom is -0.350 e. The molecule has 0 rings (SSSR count). The standard InChI is InChI=1S/C8H16N2O3S/c1-5-14(12,13)9-6-7(11)10-8(2,3)4/h5,9H,1,6H2,2-4H3,(H,10,11). The minimum atomic E-state index is -3.52. The first-order valence-corrected chi connectivity index (χ1v) is 5.64. The average molecular weight is 220 g/mol. The van der Waals surface area contributed by atoms with Gasteiger partial charge in [-0.2, -0.15) is 0 Å². The lowest BCUT2D eigenvalue weighted by atomic mass is 10.1.